The molecule has 3 nitrogen and oxygen atoms in total. The molecule has 1 aromatic carbocycles. The van der Waals surface area contributed by atoms with Gasteiger partial charge >= 0.3 is 0 Å². The Labute approximate surface area is 120 Å². The molecule has 0 atom stereocenters. The fourth-order valence-electron chi connectivity index (χ4n) is 1.79. The highest BCUT2D eigenvalue weighted by atomic mass is 32.2. The second-order valence-corrected chi connectivity index (χ2v) is 5.98. The number of benzene rings is 1. The zero-order chi connectivity index (χ0) is 13.1. The first-order valence-corrected chi connectivity index (χ1v) is 7.96. The van der Waals surface area contributed by atoms with Crippen LogP contribution in [-0.4, -0.2) is 16.2 Å². The van der Waals surface area contributed by atoms with E-state index >= 15 is 0 Å². The van der Waals surface area contributed by atoms with Gasteiger partial charge in [0, 0.05) is 23.8 Å². The van der Waals surface area contributed by atoms with Crippen molar-refractivity contribution in [3.05, 3.63) is 48.3 Å². The molecule has 2 heterocycles. The van der Waals surface area contributed by atoms with E-state index in [-0.39, 0.29) is 0 Å². The normalized spacial score (nSPS) is 10.8. The molecule has 19 heavy (non-hydrogen) atoms. The first-order valence-electron chi connectivity index (χ1n) is 5.92. The molecule has 0 fully saturated rings. The molecular formula is C14H13N3S2. The Morgan fingerprint density at radius 1 is 1.32 bits per heavy atom. The van der Waals surface area contributed by atoms with Crippen molar-refractivity contribution in [1.82, 2.24) is 9.97 Å². The van der Waals surface area contributed by atoms with E-state index in [1.54, 1.807) is 29.3 Å². The van der Waals surface area contributed by atoms with Gasteiger partial charge in [-0.2, -0.15) is 0 Å². The number of fused-ring (bicyclic) bond motifs is 1. The second-order valence-electron chi connectivity index (χ2n) is 4.07. The summed E-state index contributed by atoms with van der Waals surface area (Å²) in [6.45, 7) is 0.753. The number of pyridine rings is 1. The number of hydrogen-bond donors (Lipinski definition) is 1. The summed E-state index contributed by atoms with van der Waals surface area (Å²) < 4.78 is 1.22. The highest BCUT2D eigenvalue weighted by Crippen LogP contribution is 2.29. The van der Waals surface area contributed by atoms with Crippen LogP contribution in [0.2, 0.25) is 0 Å². The van der Waals surface area contributed by atoms with Crippen LogP contribution in [0.4, 0.5) is 5.13 Å². The van der Waals surface area contributed by atoms with E-state index in [4.69, 9.17) is 0 Å². The summed E-state index contributed by atoms with van der Waals surface area (Å²) in [6, 6.07) is 10.4. The molecule has 0 spiro atoms. The van der Waals surface area contributed by atoms with Gasteiger partial charge in [0.15, 0.2) is 5.13 Å². The van der Waals surface area contributed by atoms with Crippen LogP contribution >= 0.6 is 23.1 Å². The van der Waals surface area contributed by atoms with Gasteiger partial charge in [0.05, 0.1) is 10.2 Å². The Morgan fingerprint density at radius 2 is 2.26 bits per heavy atom. The maximum Gasteiger partial charge on any atom is 0.184 e. The molecule has 2 aromatic heterocycles. The molecule has 0 aliphatic heterocycles. The molecule has 0 aliphatic rings. The monoisotopic (exact) mass is 287 g/mol. The Balaban J connectivity index is 1.78. The third-order valence-electron chi connectivity index (χ3n) is 2.76. The van der Waals surface area contributed by atoms with Crippen molar-refractivity contribution in [3.8, 4) is 0 Å². The van der Waals surface area contributed by atoms with Crippen molar-refractivity contribution in [2.75, 3.05) is 11.6 Å². The molecule has 0 aliphatic carbocycles. The number of anilines is 1. The third-order valence-corrected chi connectivity index (χ3v) is 4.46. The molecule has 0 bridgehead atoms. The van der Waals surface area contributed by atoms with E-state index in [9.17, 15) is 0 Å². The van der Waals surface area contributed by atoms with Crippen LogP contribution in [0.5, 0.6) is 0 Å². The van der Waals surface area contributed by atoms with Crippen LogP contribution in [0.3, 0.4) is 0 Å². The topological polar surface area (TPSA) is 37.8 Å². The van der Waals surface area contributed by atoms with Gasteiger partial charge in [-0.05, 0) is 36.1 Å². The van der Waals surface area contributed by atoms with Crippen LogP contribution in [0.15, 0.2) is 47.6 Å². The van der Waals surface area contributed by atoms with Gasteiger partial charge in [0.2, 0.25) is 0 Å². The summed E-state index contributed by atoms with van der Waals surface area (Å²) in [7, 11) is 0. The minimum absolute atomic E-state index is 0.753. The summed E-state index contributed by atoms with van der Waals surface area (Å²) in [5, 5.41) is 4.30. The summed E-state index contributed by atoms with van der Waals surface area (Å²) in [6.07, 6.45) is 5.74. The second kappa shape index (κ2) is 5.59. The fourth-order valence-corrected chi connectivity index (χ4v) is 3.20. The summed E-state index contributed by atoms with van der Waals surface area (Å²) in [5.74, 6) is 0. The number of rotatable bonds is 4. The minimum atomic E-state index is 0.753. The van der Waals surface area contributed by atoms with E-state index in [0.717, 1.165) is 22.8 Å². The Hall–Kier alpha value is -1.59. The molecule has 0 radical (unpaired) electrons. The number of nitrogens with zero attached hydrogens (tertiary/aromatic N) is 2. The van der Waals surface area contributed by atoms with Gasteiger partial charge in [-0.1, -0.05) is 17.4 Å². The molecule has 0 amide bonds. The van der Waals surface area contributed by atoms with Crippen molar-refractivity contribution >= 4 is 38.4 Å². The number of thiazole rings is 1. The summed E-state index contributed by atoms with van der Waals surface area (Å²) in [5.41, 5.74) is 2.21. The number of thioether (sulfide) groups is 1. The average Bonchev–Trinajstić information content (AvgIpc) is 2.88. The van der Waals surface area contributed by atoms with Crippen molar-refractivity contribution in [2.24, 2.45) is 0 Å². The lowest BCUT2D eigenvalue weighted by Crippen LogP contribution is -1.98. The Morgan fingerprint density at radius 3 is 3.05 bits per heavy atom. The molecule has 0 saturated heterocycles. The van der Waals surface area contributed by atoms with Crippen molar-refractivity contribution < 1.29 is 0 Å². The molecule has 3 rings (SSSR count). The van der Waals surface area contributed by atoms with Crippen molar-refractivity contribution in [3.63, 3.8) is 0 Å². The van der Waals surface area contributed by atoms with Crippen LogP contribution in [0.25, 0.3) is 10.2 Å². The number of aromatic nitrogens is 2. The van der Waals surface area contributed by atoms with Crippen LogP contribution < -0.4 is 5.32 Å². The third kappa shape index (κ3) is 2.88. The summed E-state index contributed by atoms with van der Waals surface area (Å²) >= 11 is 3.44. The number of hydrogen-bond acceptors (Lipinski definition) is 5. The Bertz CT molecular complexity index is 679. The maximum absolute atomic E-state index is 4.58. The standard InChI is InChI=1S/C14H13N3S2/c1-18-11-4-5-12-13(7-11)19-14(17-12)16-9-10-3-2-6-15-8-10/h2-8H,9H2,1H3,(H,16,17). The molecular weight excluding hydrogens is 274 g/mol. The van der Waals surface area contributed by atoms with E-state index in [0.29, 0.717) is 0 Å². The first kappa shape index (κ1) is 12.4. The Kier molecular flexibility index (Phi) is 3.66. The summed E-state index contributed by atoms with van der Waals surface area (Å²) in [4.78, 5) is 9.96. The lowest BCUT2D eigenvalue weighted by molar-refractivity contribution is 1.11. The molecule has 1 N–H and O–H groups in total. The smallest absolute Gasteiger partial charge is 0.184 e. The first-order chi connectivity index (χ1) is 9.35. The molecule has 0 unspecified atom stereocenters. The van der Waals surface area contributed by atoms with Gasteiger partial charge in [-0.3, -0.25) is 4.98 Å². The quantitative estimate of drug-likeness (QED) is 0.735. The van der Waals surface area contributed by atoms with Gasteiger partial charge in [0.1, 0.15) is 0 Å². The predicted octanol–water partition coefficient (Wildman–Crippen LogP) is 4.03. The maximum atomic E-state index is 4.58. The highest BCUT2D eigenvalue weighted by molar-refractivity contribution is 7.98. The molecule has 3 aromatic rings. The molecule has 0 saturated carbocycles. The zero-order valence-electron chi connectivity index (χ0n) is 10.5. The lowest BCUT2D eigenvalue weighted by Gasteiger charge is -2.00. The average molecular weight is 287 g/mol. The molecule has 96 valence electrons. The van der Waals surface area contributed by atoms with E-state index in [1.165, 1.54) is 9.60 Å². The van der Waals surface area contributed by atoms with Crippen LogP contribution in [-0.2, 0) is 6.54 Å². The predicted molar refractivity (Wildman–Crippen MR) is 83.0 cm³/mol. The number of nitrogens with one attached hydrogen (secondary N) is 1. The van der Waals surface area contributed by atoms with E-state index in [2.05, 4.69) is 45.8 Å². The molecule has 5 heteroatoms. The van der Waals surface area contributed by atoms with Crippen LogP contribution in [0, 0.1) is 0 Å². The zero-order valence-corrected chi connectivity index (χ0v) is 12.1. The lowest BCUT2D eigenvalue weighted by atomic mass is 10.3. The van der Waals surface area contributed by atoms with Gasteiger partial charge in [-0.15, -0.1) is 11.8 Å². The van der Waals surface area contributed by atoms with Gasteiger partial charge in [0.25, 0.3) is 0 Å². The SMILES string of the molecule is CSc1ccc2nc(NCc3cccnc3)sc2c1. The van der Waals surface area contributed by atoms with Gasteiger partial charge in [-0.25, -0.2) is 4.98 Å². The van der Waals surface area contributed by atoms with E-state index < -0.39 is 0 Å². The largest absolute Gasteiger partial charge is 0.357 e. The van der Waals surface area contributed by atoms with Crippen molar-refractivity contribution in [2.45, 2.75) is 11.4 Å². The van der Waals surface area contributed by atoms with Crippen LogP contribution in [0.1, 0.15) is 5.56 Å². The fraction of sp³-hybridized carbons (Fsp3) is 0.143. The highest BCUT2D eigenvalue weighted by Gasteiger charge is 2.04. The van der Waals surface area contributed by atoms with Crippen molar-refractivity contribution in [1.29, 1.82) is 0 Å². The van der Waals surface area contributed by atoms with E-state index in [1.807, 2.05) is 12.3 Å². The minimum Gasteiger partial charge on any atom is -0.357 e. The van der Waals surface area contributed by atoms with Gasteiger partial charge < -0.3 is 5.32 Å².